The molecular weight excluding hydrogens is 475 g/mol. The molecule has 188 valence electrons. The molecule has 0 aliphatic carbocycles. The van der Waals surface area contributed by atoms with Crippen molar-refractivity contribution in [2.45, 2.75) is 31.1 Å². The number of hydrogen-bond acceptors (Lipinski definition) is 5. The SMILES string of the molecule is CN1CC[C@@H](NC(=O)c2c(OC(=O)C(F)(F)F)c3ccccc3n2C)C[C@@H]1c1nc2ccccc2[nH]1. The summed E-state index contributed by atoms with van der Waals surface area (Å²) in [4.78, 5) is 35.2. The number of carbonyl (C=O) groups is 2. The summed E-state index contributed by atoms with van der Waals surface area (Å²) in [5, 5.41) is 3.18. The van der Waals surface area contributed by atoms with Crippen LogP contribution in [0.5, 0.6) is 5.75 Å². The van der Waals surface area contributed by atoms with E-state index in [1.807, 2.05) is 31.3 Å². The minimum atomic E-state index is -5.20. The van der Waals surface area contributed by atoms with Gasteiger partial charge in [-0.25, -0.2) is 9.78 Å². The highest BCUT2D eigenvalue weighted by atomic mass is 19.4. The molecule has 1 fully saturated rings. The molecule has 1 aliphatic heterocycles. The van der Waals surface area contributed by atoms with E-state index in [-0.39, 0.29) is 23.2 Å². The average Bonchev–Trinajstić information content (AvgIpc) is 3.39. The van der Waals surface area contributed by atoms with Gasteiger partial charge in [0.1, 0.15) is 5.82 Å². The molecule has 0 bridgehead atoms. The topological polar surface area (TPSA) is 92.2 Å². The van der Waals surface area contributed by atoms with E-state index >= 15 is 0 Å². The first-order valence-corrected chi connectivity index (χ1v) is 11.5. The molecule has 2 aromatic heterocycles. The van der Waals surface area contributed by atoms with Gasteiger partial charge in [0.2, 0.25) is 0 Å². The highest BCUT2D eigenvalue weighted by Crippen LogP contribution is 2.35. The first kappa shape index (κ1) is 23.9. The van der Waals surface area contributed by atoms with Gasteiger partial charge in [-0.05, 0) is 44.2 Å². The minimum Gasteiger partial charge on any atom is -0.417 e. The van der Waals surface area contributed by atoms with Gasteiger partial charge in [0, 0.05) is 25.0 Å². The number of piperidine rings is 1. The molecule has 8 nitrogen and oxygen atoms in total. The van der Waals surface area contributed by atoms with Gasteiger partial charge in [0.05, 0.1) is 22.6 Å². The van der Waals surface area contributed by atoms with E-state index in [0.717, 1.165) is 16.9 Å². The Morgan fingerprint density at radius 2 is 1.83 bits per heavy atom. The number of aromatic amines is 1. The number of para-hydroxylation sites is 3. The third kappa shape index (κ3) is 4.30. The molecule has 0 spiro atoms. The lowest BCUT2D eigenvalue weighted by molar-refractivity contribution is -0.189. The number of alkyl halides is 3. The van der Waals surface area contributed by atoms with Crippen LogP contribution in [0.15, 0.2) is 48.5 Å². The van der Waals surface area contributed by atoms with Crippen LogP contribution in [-0.4, -0.2) is 57.1 Å². The van der Waals surface area contributed by atoms with Crippen molar-refractivity contribution < 1.29 is 27.5 Å². The zero-order valence-electron chi connectivity index (χ0n) is 19.6. The molecule has 0 saturated carbocycles. The van der Waals surface area contributed by atoms with Crippen LogP contribution in [0, 0.1) is 0 Å². The van der Waals surface area contributed by atoms with Gasteiger partial charge in [-0.15, -0.1) is 0 Å². The fraction of sp³-hybridized carbons (Fsp3) is 0.320. The molecule has 1 amide bonds. The van der Waals surface area contributed by atoms with Crippen molar-refractivity contribution in [3.8, 4) is 5.75 Å². The Kier molecular flexibility index (Phi) is 5.95. The van der Waals surface area contributed by atoms with Gasteiger partial charge < -0.3 is 19.6 Å². The number of rotatable bonds is 4. The van der Waals surface area contributed by atoms with Crippen molar-refractivity contribution in [1.29, 1.82) is 0 Å². The zero-order chi connectivity index (χ0) is 25.6. The van der Waals surface area contributed by atoms with Crippen LogP contribution in [0.25, 0.3) is 21.9 Å². The van der Waals surface area contributed by atoms with E-state index in [2.05, 4.69) is 15.2 Å². The lowest BCUT2D eigenvalue weighted by Crippen LogP contribution is -2.45. The Hall–Kier alpha value is -3.86. The standard InChI is InChI=1S/C25H24F3N5O3/c1-32-12-11-14(13-19(32)22-30-16-8-4-5-9-17(16)31-22)29-23(34)20-21(36-24(35)25(26,27)28)15-7-3-6-10-18(15)33(20)2/h3-10,14,19H,11-13H2,1-2H3,(H,29,34)(H,30,31)/t14-,19-/m1/s1. The monoisotopic (exact) mass is 499 g/mol. The van der Waals surface area contributed by atoms with Crippen molar-refractivity contribution in [1.82, 2.24) is 24.8 Å². The molecule has 2 N–H and O–H groups in total. The first-order valence-electron chi connectivity index (χ1n) is 11.5. The van der Waals surface area contributed by atoms with Gasteiger partial charge in [-0.2, -0.15) is 13.2 Å². The van der Waals surface area contributed by atoms with Crippen molar-refractivity contribution in [3.63, 3.8) is 0 Å². The molecule has 1 saturated heterocycles. The number of nitrogens with zero attached hydrogens (tertiary/aromatic N) is 3. The van der Waals surface area contributed by atoms with Crippen LogP contribution >= 0.6 is 0 Å². The van der Waals surface area contributed by atoms with Crippen molar-refractivity contribution >= 4 is 33.8 Å². The van der Waals surface area contributed by atoms with Crippen LogP contribution in [0.1, 0.15) is 35.2 Å². The predicted octanol–water partition coefficient (Wildman–Crippen LogP) is 4.09. The Bertz CT molecular complexity index is 1430. The third-order valence-electron chi connectivity index (χ3n) is 6.63. The van der Waals surface area contributed by atoms with E-state index < -0.39 is 23.8 Å². The normalized spacial score (nSPS) is 19.0. The molecule has 3 heterocycles. The maximum absolute atomic E-state index is 13.4. The molecule has 0 radical (unpaired) electrons. The lowest BCUT2D eigenvalue weighted by Gasteiger charge is -2.36. The molecule has 2 atom stereocenters. The number of halogens is 3. The maximum atomic E-state index is 13.4. The maximum Gasteiger partial charge on any atom is 0.491 e. The summed E-state index contributed by atoms with van der Waals surface area (Å²) in [7, 11) is 3.53. The number of H-pyrrole nitrogens is 1. The van der Waals surface area contributed by atoms with Crippen molar-refractivity contribution in [2.75, 3.05) is 13.6 Å². The second-order valence-electron chi connectivity index (χ2n) is 8.97. The van der Waals surface area contributed by atoms with E-state index in [0.29, 0.717) is 24.9 Å². The van der Waals surface area contributed by atoms with Crippen LogP contribution in [-0.2, 0) is 11.8 Å². The molecule has 2 aromatic carbocycles. The number of carbonyl (C=O) groups excluding carboxylic acids is 2. The second-order valence-corrected chi connectivity index (χ2v) is 8.97. The van der Waals surface area contributed by atoms with Gasteiger partial charge >= 0.3 is 12.1 Å². The number of benzene rings is 2. The van der Waals surface area contributed by atoms with Gasteiger partial charge in [-0.3, -0.25) is 9.69 Å². The highest BCUT2D eigenvalue weighted by Gasteiger charge is 2.43. The molecule has 4 aromatic rings. The van der Waals surface area contributed by atoms with Gasteiger partial charge in [0.15, 0.2) is 11.4 Å². The number of imidazole rings is 1. The Morgan fingerprint density at radius 3 is 2.58 bits per heavy atom. The van der Waals surface area contributed by atoms with Crippen LogP contribution in [0.2, 0.25) is 0 Å². The number of amides is 1. The van der Waals surface area contributed by atoms with Gasteiger partial charge in [-0.1, -0.05) is 24.3 Å². The Balaban J connectivity index is 1.42. The van der Waals surface area contributed by atoms with Crippen LogP contribution in [0.3, 0.4) is 0 Å². The molecule has 5 rings (SSSR count). The number of aromatic nitrogens is 3. The third-order valence-corrected chi connectivity index (χ3v) is 6.63. The molecule has 36 heavy (non-hydrogen) atoms. The van der Waals surface area contributed by atoms with E-state index in [4.69, 9.17) is 9.72 Å². The zero-order valence-corrected chi connectivity index (χ0v) is 19.6. The van der Waals surface area contributed by atoms with E-state index in [1.165, 1.54) is 10.6 Å². The predicted molar refractivity (Wildman–Crippen MR) is 127 cm³/mol. The fourth-order valence-corrected chi connectivity index (χ4v) is 4.79. The first-order chi connectivity index (χ1) is 17.1. The quantitative estimate of drug-likeness (QED) is 0.413. The smallest absolute Gasteiger partial charge is 0.417 e. The Labute approximate surface area is 204 Å². The Morgan fingerprint density at radius 1 is 1.11 bits per heavy atom. The number of nitrogens with one attached hydrogen (secondary N) is 2. The van der Waals surface area contributed by atoms with Crippen LogP contribution in [0.4, 0.5) is 13.2 Å². The lowest BCUT2D eigenvalue weighted by atomic mass is 9.97. The number of aryl methyl sites for hydroxylation is 1. The summed E-state index contributed by atoms with van der Waals surface area (Å²) >= 11 is 0. The summed E-state index contributed by atoms with van der Waals surface area (Å²) in [6.07, 6.45) is -4.01. The van der Waals surface area contributed by atoms with Gasteiger partial charge in [0.25, 0.3) is 5.91 Å². The van der Waals surface area contributed by atoms with Crippen molar-refractivity contribution in [3.05, 3.63) is 60.0 Å². The number of esters is 1. The van der Waals surface area contributed by atoms with E-state index in [9.17, 15) is 22.8 Å². The summed E-state index contributed by atoms with van der Waals surface area (Å²) in [6, 6.07) is 13.8. The molecule has 1 aliphatic rings. The van der Waals surface area contributed by atoms with Crippen molar-refractivity contribution in [2.24, 2.45) is 7.05 Å². The van der Waals surface area contributed by atoms with Crippen LogP contribution < -0.4 is 10.1 Å². The minimum absolute atomic E-state index is 0.0912. The summed E-state index contributed by atoms with van der Waals surface area (Å²) in [6.45, 7) is 0.678. The number of fused-ring (bicyclic) bond motifs is 2. The number of ether oxygens (including phenoxy) is 1. The molecule has 0 unspecified atom stereocenters. The average molecular weight is 499 g/mol. The summed E-state index contributed by atoms with van der Waals surface area (Å²) < 4.78 is 45.1. The molecule has 11 heteroatoms. The summed E-state index contributed by atoms with van der Waals surface area (Å²) in [5.74, 6) is -2.62. The van der Waals surface area contributed by atoms with E-state index in [1.54, 1.807) is 25.2 Å². The summed E-state index contributed by atoms with van der Waals surface area (Å²) in [5.41, 5.74) is 2.08. The highest BCUT2D eigenvalue weighted by molar-refractivity contribution is 6.05. The molecular formula is C25H24F3N5O3. The largest absolute Gasteiger partial charge is 0.491 e. The second kappa shape index (κ2) is 8.98. The number of likely N-dealkylation sites (tertiary alicyclic amines) is 1. The number of hydrogen-bond donors (Lipinski definition) is 2. The fourth-order valence-electron chi connectivity index (χ4n) is 4.79.